The SMILES string of the molecule is CC1CCCC2=[N+]1CC1=C(CCC1)N2C.COS(=O)(=O)[O-]. The van der Waals surface area contributed by atoms with E-state index >= 15 is 0 Å². The van der Waals surface area contributed by atoms with Crippen molar-refractivity contribution >= 4 is 16.2 Å². The van der Waals surface area contributed by atoms with Crippen molar-refractivity contribution in [2.45, 2.75) is 51.5 Å². The molecule has 1 unspecified atom stereocenters. The lowest BCUT2D eigenvalue weighted by molar-refractivity contribution is -0.567. The van der Waals surface area contributed by atoms with Gasteiger partial charge in [-0.25, -0.2) is 13.3 Å². The lowest BCUT2D eigenvalue weighted by Crippen LogP contribution is -2.45. The quantitative estimate of drug-likeness (QED) is 0.416. The van der Waals surface area contributed by atoms with Crippen LogP contribution in [0.4, 0.5) is 0 Å². The van der Waals surface area contributed by atoms with Gasteiger partial charge in [0.2, 0.25) is 10.4 Å². The molecule has 0 amide bonds. The van der Waals surface area contributed by atoms with Crippen LogP contribution in [0, 0.1) is 0 Å². The van der Waals surface area contributed by atoms with E-state index in [0.29, 0.717) is 0 Å². The molecule has 0 bridgehead atoms. The first-order valence-corrected chi connectivity index (χ1v) is 8.75. The van der Waals surface area contributed by atoms with Gasteiger partial charge in [-0.1, -0.05) is 0 Å². The lowest BCUT2D eigenvalue weighted by atomic mass is 10.0. The Morgan fingerprint density at radius 3 is 2.57 bits per heavy atom. The molecule has 21 heavy (non-hydrogen) atoms. The third-order valence-electron chi connectivity index (χ3n) is 4.54. The van der Waals surface area contributed by atoms with Crippen molar-refractivity contribution in [1.29, 1.82) is 0 Å². The highest BCUT2D eigenvalue weighted by Gasteiger charge is 2.37. The summed E-state index contributed by atoms with van der Waals surface area (Å²) in [5.74, 6) is 1.59. The summed E-state index contributed by atoms with van der Waals surface area (Å²) in [7, 11) is -1.33. The van der Waals surface area contributed by atoms with Gasteiger partial charge < -0.3 is 4.55 Å². The van der Waals surface area contributed by atoms with E-state index in [1.165, 1.54) is 45.1 Å². The van der Waals surface area contributed by atoms with E-state index in [2.05, 4.69) is 27.6 Å². The molecule has 7 heteroatoms. The van der Waals surface area contributed by atoms with Gasteiger partial charge in [0.15, 0.2) is 0 Å². The van der Waals surface area contributed by atoms with Crippen LogP contribution in [0.25, 0.3) is 0 Å². The Morgan fingerprint density at radius 2 is 1.95 bits per heavy atom. The molecule has 0 spiro atoms. The van der Waals surface area contributed by atoms with Crippen LogP contribution in [-0.2, 0) is 14.6 Å². The Hall–Kier alpha value is -0.920. The van der Waals surface area contributed by atoms with Crippen LogP contribution in [-0.4, -0.2) is 55.0 Å². The zero-order chi connectivity index (χ0) is 15.6. The van der Waals surface area contributed by atoms with Gasteiger partial charge in [-0.2, -0.15) is 0 Å². The summed E-state index contributed by atoms with van der Waals surface area (Å²) in [5.41, 5.74) is 3.37. The average Bonchev–Trinajstić information content (AvgIpc) is 2.89. The van der Waals surface area contributed by atoms with Gasteiger partial charge >= 0.3 is 0 Å². The maximum atomic E-state index is 9.22. The number of allylic oxidation sites excluding steroid dienone is 1. The van der Waals surface area contributed by atoms with Crippen molar-refractivity contribution in [1.82, 2.24) is 4.90 Å². The summed E-state index contributed by atoms with van der Waals surface area (Å²) in [6.07, 6.45) is 8.08. The van der Waals surface area contributed by atoms with Crippen molar-refractivity contribution in [2.75, 3.05) is 20.7 Å². The summed E-state index contributed by atoms with van der Waals surface area (Å²) in [5, 5.41) is 0. The molecular weight excluding hydrogens is 292 g/mol. The second-order valence-corrected chi connectivity index (χ2v) is 6.97. The molecule has 2 aliphatic heterocycles. The van der Waals surface area contributed by atoms with Crippen LogP contribution in [0.2, 0.25) is 0 Å². The fourth-order valence-electron chi connectivity index (χ4n) is 3.44. The first-order valence-electron chi connectivity index (χ1n) is 7.42. The van der Waals surface area contributed by atoms with Crippen molar-refractivity contribution in [3.05, 3.63) is 11.3 Å². The van der Waals surface area contributed by atoms with Crippen molar-refractivity contribution in [2.24, 2.45) is 0 Å². The first-order chi connectivity index (χ1) is 9.83. The molecule has 3 aliphatic rings. The third kappa shape index (κ3) is 3.84. The molecule has 2 heterocycles. The van der Waals surface area contributed by atoms with E-state index in [-0.39, 0.29) is 0 Å². The molecule has 6 nitrogen and oxygen atoms in total. The molecule has 1 aliphatic carbocycles. The molecule has 0 saturated heterocycles. The van der Waals surface area contributed by atoms with Gasteiger partial charge in [0, 0.05) is 18.4 Å². The highest BCUT2D eigenvalue weighted by atomic mass is 32.3. The zero-order valence-electron chi connectivity index (χ0n) is 13.0. The van der Waals surface area contributed by atoms with Crippen LogP contribution >= 0.6 is 0 Å². The van der Waals surface area contributed by atoms with E-state index in [1.807, 2.05) is 0 Å². The molecule has 0 radical (unpaired) electrons. The van der Waals surface area contributed by atoms with Crippen LogP contribution in [0.5, 0.6) is 0 Å². The Morgan fingerprint density at radius 1 is 1.29 bits per heavy atom. The topological polar surface area (TPSA) is 72.7 Å². The number of rotatable bonds is 1. The van der Waals surface area contributed by atoms with E-state index in [9.17, 15) is 13.0 Å². The maximum Gasteiger partial charge on any atom is 0.251 e. The molecule has 120 valence electrons. The number of amidine groups is 1. The van der Waals surface area contributed by atoms with Gasteiger partial charge in [0.25, 0.3) is 5.84 Å². The summed E-state index contributed by atoms with van der Waals surface area (Å²) in [6, 6.07) is 0.755. The minimum atomic E-state index is -4.41. The highest BCUT2D eigenvalue weighted by molar-refractivity contribution is 7.80. The monoisotopic (exact) mass is 316 g/mol. The van der Waals surface area contributed by atoms with Crippen LogP contribution in [0.1, 0.15) is 45.4 Å². The van der Waals surface area contributed by atoms with Gasteiger partial charge in [-0.3, -0.25) is 8.76 Å². The molecule has 0 N–H and O–H groups in total. The van der Waals surface area contributed by atoms with E-state index in [0.717, 1.165) is 13.2 Å². The van der Waals surface area contributed by atoms with Gasteiger partial charge in [-0.15, -0.1) is 0 Å². The minimum absolute atomic E-state index is 0.755. The van der Waals surface area contributed by atoms with Crippen molar-refractivity contribution in [3.63, 3.8) is 0 Å². The fraction of sp³-hybridized carbons (Fsp3) is 0.786. The third-order valence-corrected chi connectivity index (χ3v) is 4.95. The second kappa shape index (κ2) is 6.46. The summed E-state index contributed by atoms with van der Waals surface area (Å²) >= 11 is 0. The molecule has 1 atom stereocenters. The largest absolute Gasteiger partial charge is 0.726 e. The molecule has 0 fully saturated rings. The first kappa shape index (κ1) is 16.5. The van der Waals surface area contributed by atoms with Crippen molar-refractivity contribution in [3.8, 4) is 0 Å². The Bertz CT molecular complexity index is 566. The maximum absolute atomic E-state index is 9.22. The summed E-state index contributed by atoms with van der Waals surface area (Å²) < 4.78 is 33.7. The fourth-order valence-corrected chi connectivity index (χ4v) is 3.44. The molecule has 3 rings (SSSR count). The number of hydrogen-bond acceptors (Lipinski definition) is 5. The Kier molecular flexibility index (Phi) is 5.06. The summed E-state index contributed by atoms with van der Waals surface area (Å²) in [6.45, 7) is 3.61. The van der Waals surface area contributed by atoms with Crippen LogP contribution in [0.3, 0.4) is 0 Å². The second-order valence-electron chi connectivity index (χ2n) is 5.82. The molecule has 0 aromatic carbocycles. The lowest BCUT2D eigenvalue weighted by Gasteiger charge is -2.31. The van der Waals surface area contributed by atoms with E-state index < -0.39 is 10.4 Å². The predicted octanol–water partition coefficient (Wildman–Crippen LogP) is 1.45. The smallest absolute Gasteiger partial charge is 0.251 e. The number of hydrogen-bond donors (Lipinski definition) is 0. The molecule has 0 saturated carbocycles. The summed E-state index contributed by atoms with van der Waals surface area (Å²) in [4.78, 5) is 2.50. The standard InChI is InChI=1S/C13H21N2.CH4O4S/c1-10-5-3-8-13-14(2)12-7-4-6-11(12)9-15(10)13;1-5-6(2,3)4/h10H,3-9H2,1-2H3;1H3,(H,2,3,4)/q+1;/p-1. The average molecular weight is 316 g/mol. The number of nitrogens with zero attached hydrogens (tertiary/aromatic N) is 2. The Balaban J connectivity index is 0.000000232. The van der Waals surface area contributed by atoms with Crippen LogP contribution in [0.15, 0.2) is 11.3 Å². The normalized spacial score (nSPS) is 25.3. The predicted molar refractivity (Wildman–Crippen MR) is 78.8 cm³/mol. The van der Waals surface area contributed by atoms with Crippen molar-refractivity contribution < 1.29 is 21.7 Å². The minimum Gasteiger partial charge on any atom is -0.726 e. The van der Waals surface area contributed by atoms with Gasteiger partial charge in [0.1, 0.15) is 12.2 Å². The molecular formula is C14H24N2O4S. The van der Waals surface area contributed by atoms with E-state index in [4.69, 9.17) is 0 Å². The van der Waals surface area contributed by atoms with Gasteiger partial charge in [0.05, 0.1) is 20.2 Å². The van der Waals surface area contributed by atoms with Gasteiger partial charge in [-0.05, 0) is 32.6 Å². The highest BCUT2D eigenvalue weighted by Crippen LogP contribution is 2.33. The molecule has 0 aromatic rings. The van der Waals surface area contributed by atoms with E-state index in [1.54, 1.807) is 17.1 Å². The Labute approximate surface area is 127 Å². The van der Waals surface area contributed by atoms with Crippen LogP contribution < -0.4 is 0 Å². The zero-order valence-corrected chi connectivity index (χ0v) is 13.8. The molecule has 0 aromatic heterocycles.